The molecule has 5 rings (SSSR count). The van der Waals surface area contributed by atoms with Crippen LogP contribution in [0.1, 0.15) is 84.0 Å². The van der Waals surface area contributed by atoms with Gasteiger partial charge in [-0.05, 0) is 80.2 Å². The molecule has 226 valence electrons. The highest BCUT2D eigenvalue weighted by atomic mass is 35.5. The van der Waals surface area contributed by atoms with Crippen molar-refractivity contribution in [2.45, 2.75) is 96.4 Å². The van der Waals surface area contributed by atoms with Gasteiger partial charge in [-0.15, -0.1) is 0 Å². The average Bonchev–Trinajstić information content (AvgIpc) is 2.98. The van der Waals surface area contributed by atoms with Crippen molar-refractivity contribution in [2.24, 2.45) is 29.6 Å². The number of ether oxygens (including phenoxy) is 3. The minimum atomic E-state index is -3.38. The summed E-state index contributed by atoms with van der Waals surface area (Å²) in [6, 6.07) is 10.6. The molecule has 1 aliphatic heterocycles. The van der Waals surface area contributed by atoms with Crippen molar-refractivity contribution >= 4 is 11.6 Å². The largest absolute Gasteiger partial charge is 0.432 e. The van der Waals surface area contributed by atoms with Gasteiger partial charge in [-0.1, -0.05) is 69.2 Å². The van der Waals surface area contributed by atoms with Crippen LogP contribution in [-0.4, -0.2) is 25.6 Å². The highest BCUT2D eigenvalue weighted by Gasteiger charge is 2.46. The molecule has 0 atom stereocenters. The van der Waals surface area contributed by atoms with E-state index in [4.69, 9.17) is 25.8 Å². The molecule has 2 aliphatic carbocycles. The summed E-state index contributed by atoms with van der Waals surface area (Å²) in [4.78, 5) is 0. The van der Waals surface area contributed by atoms with Gasteiger partial charge in [0.05, 0.1) is 19.1 Å². The molecule has 0 N–H and O–H groups in total. The number of unbranched alkanes of at least 4 members (excludes halogenated alkanes) is 2. The Labute approximate surface area is 248 Å². The predicted octanol–water partition coefficient (Wildman–Crippen LogP) is 10.3. The zero-order chi connectivity index (χ0) is 28.8. The average molecular weight is 593 g/mol. The van der Waals surface area contributed by atoms with E-state index in [1.165, 1.54) is 63.5 Å². The third kappa shape index (κ3) is 8.00. The highest BCUT2D eigenvalue weighted by Crippen LogP contribution is 2.43. The van der Waals surface area contributed by atoms with Crippen molar-refractivity contribution in [2.75, 3.05) is 13.2 Å². The molecule has 0 amide bonds. The van der Waals surface area contributed by atoms with Gasteiger partial charge in [-0.2, -0.15) is 8.78 Å². The molecule has 3 fully saturated rings. The van der Waals surface area contributed by atoms with Gasteiger partial charge in [0.25, 0.3) is 0 Å². The Kier molecular flexibility index (Phi) is 10.6. The summed E-state index contributed by atoms with van der Waals surface area (Å²) in [6.07, 6.45) is 8.72. The molecule has 2 aromatic carbocycles. The Morgan fingerprint density at radius 3 is 2.12 bits per heavy atom. The fraction of sp³-hybridized carbons (Fsp3) is 0.647. The van der Waals surface area contributed by atoms with Gasteiger partial charge >= 0.3 is 6.11 Å². The molecule has 7 heteroatoms. The monoisotopic (exact) mass is 592 g/mol. The van der Waals surface area contributed by atoms with Gasteiger partial charge in [-0.3, -0.25) is 0 Å². The lowest BCUT2D eigenvalue weighted by molar-refractivity contribution is -0.251. The molecule has 41 heavy (non-hydrogen) atoms. The zero-order valence-electron chi connectivity index (χ0n) is 24.1. The number of benzene rings is 2. The minimum absolute atomic E-state index is 0.119. The van der Waals surface area contributed by atoms with Crippen LogP contribution >= 0.6 is 11.6 Å². The number of rotatable bonds is 10. The van der Waals surface area contributed by atoms with E-state index in [0.717, 1.165) is 12.0 Å². The molecular weight excluding hydrogens is 549 g/mol. The SMILES string of the molecule is CCCCCC1CCC(C2COC(C3CCC(C(F)(F)Oc4ccc(-c5ccc(Cl)cc5)c(F)c4)CC3)OC2)CC1. The van der Waals surface area contributed by atoms with Crippen LogP contribution in [0, 0.1) is 35.4 Å². The zero-order valence-corrected chi connectivity index (χ0v) is 24.9. The van der Waals surface area contributed by atoms with Crippen LogP contribution in [0.3, 0.4) is 0 Å². The molecule has 1 saturated heterocycles. The molecule has 0 spiro atoms. The summed E-state index contributed by atoms with van der Waals surface area (Å²) in [5.74, 6) is 0.413. The van der Waals surface area contributed by atoms with Gasteiger partial charge in [0.1, 0.15) is 11.6 Å². The Morgan fingerprint density at radius 2 is 1.49 bits per heavy atom. The van der Waals surface area contributed by atoms with Gasteiger partial charge in [0.15, 0.2) is 6.29 Å². The van der Waals surface area contributed by atoms with Crippen molar-refractivity contribution in [3.05, 3.63) is 53.3 Å². The lowest BCUT2D eigenvalue weighted by Gasteiger charge is -2.41. The van der Waals surface area contributed by atoms with Crippen LogP contribution < -0.4 is 4.74 Å². The summed E-state index contributed by atoms with van der Waals surface area (Å²) in [5.41, 5.74) is 0.926. The van der Waals surface area contributed by atoms with Crippen molar-refractivity contribution < 1.29 is 27.4 Å². The molecular formula is C34H44ClF3O3. The predicted molar refractivity (Wildman–Crippen MR) is 157 cm³/mol. The Morgan fingerprint density at radius 1 is 0.829 bits per heavy atom. The molecule has 3 nitrogen and oxygen atoms in total. The van der Waals surface area contributed by atoms with Crippen LogP contribution in [0.25, 0.3) is 11.1 Å². The summed E-state index contributed by atoms with van der Waals surface area (Å²) in [6.45, 7) is 3.69. The smallest absolute Gasteiger partial charge is 0.400 e. The molecule has 0 radical (unpaired) electrons. The Balaban J connectivity index is 1.05. The molecule has 3 aliphatic rings. The first-order valence-electron chi connectivity index (χ1n) is 15.7. The second kappa shape index (κ2) is 14.1. The molecule has 0 aromatic heterocycles. The first-order chi connectivity index (χ1) is 19.8. The number of hydrogen-bond donors (Lipinski definition) is 0. The molecule has 2 aromatic rings. The molecule has 1 heterocycles. The van der Waals surface area contributed by atoms with Crippen LogP contribution in [0.2, 0.25) is 5.02 Å². The van der Waals surface area contributed by atoms with Crippen LogP contribution in [-0.2, 0) is 9.47 Å². The van der Waals surface area contributed by atoms with Crippen LogP contribution in [0.15, 0.2) is 42.5 Å². The van der Waals surface area contributed by atoms with Crippen molar-refractivity contribution in [1.82, 2.24) is 0 Å². The summed E-state index contributed by atoms with van der Waals surface area (Å²) < 4.78 is 62.4. The fourth-order valence-electron chi connectivity index (χ4n) is 7.10. The van der Waals surface area contributed by atoms with E-state index in [1.807, 2.05) is 0 Å². The summed E-state index contributed by atoms with van der Waals surface area (Å²) in [7, 11) is 0. The standard InChI is InChI=1S/C34H44ClF3O3/c1-2-3-4-5-23-6-8-24(9-7-23)27-21-39-33(40-22-27)26-10-14-28(15-11-26)34(37,38)41-30-18-19-31(32(36)20-30)25-12-16-29(35)17-13-25/h12-13,16-20,23-24,26-28,33H,2-11,14-15,21-22H2,1H3. The second-order valence-corrected chi connectivity index (χ2v) is 12.9. The lowest BCUT2D eigenvalue weighted by Crippen LogP contribution is -2.43. The van der Waals surface area contributed by atoms with E-state index in [9.17, 15) is 4.39 Å². The van der Waals surface area contributed by atoms with Crippen molar-refractivity contribution in [3.8, 4) is 16.9 Å². The van der Waals surface area contributed by atoms with Crippen molar-refractivity contribution in [3.63, 3.8) is 0 Å². The third-order valence-electron chi connectivity index (χ3n) is 9.70. The minimum Gasteiger partial charge on any atom is -0.432 e. The second-order valence-electron chi connectivity index (χ2n) is 12.5. The molecule has 0 unspecified atom stereocenters. The van der Waals surface area contributed by atoms with Gasteiger partial charge < -0.3 is 14.2 Å². The van der Waals surface area contributed by atoms with Crippen LogP contribution in [0.4, 0.5) is 13.2 Å². The first kappa shape index (κ1) is 30.7. The fourth-order valence-corrected chi connectivity index (χ4v) is 7.23. The molecule has 2 saturated carbocycles. The quantitative estimate of drug-likeness (QED) is 0.257. The number of hydrogen-bond acceptors (Lipinski definition) is 3. The third-order valence-corrected chi connectivity index (χ3v) is 9.96. The van der Waals surface area contributed by atoms with E-state index in [1.54, 1.807) is 24.3 Å². The van der Waals surface area contributed by atoms with Gasteiger partial charge in [-0.25, -0.2) is 4.39 Å². The van der Waals surface area contributed by atoms with E-state index in [-0.39, 0.29) is 18.0 Å². The summed E-state index contributed by atoms with van der Waals surface area (Å²) >= 11 is 5.91. The normalized spacial score (nSPS) is 29.3. The number of alkyl halides is 2. The maximum atomic E-state index is 15.1. The van der Waals surface area contributed by atoms with Gasteiger partial charge in [0.2, 0.25) is 0 Å². The van der Waals surface area contributed by atoms with E-state index in [2.05, 4.69) is 6.92 Å². The summed E-state index contributed by atoms with van der Waals surface area (Å²) in [5, 5.41) is 0.541. The maximum Gasteiger partial charge on any atom is 0.400 e. The Bertz CT molecular complexity index is 1090. The van der Waals surface area contributed by atoms with E-state index in [0.29, 0.717) is 66.9 Å². The maximum absolute atomic E-state index is 15.1. The molecule has 0 bridgehead atoms. The highest BCUT2D eigenvalue weighted by molar-refractivity contribution is 6.30. The van der Waals surface area contributed by atoms with E-state index < -0.39 is 17.8 Å². The lowest BCUT2D eigenvalue weighted by atomic mass is 9.74. The number of halogens is 4. The van der Waals surface area contributed by atoms with Gasteiger partial charge in [0, 0.05) is 28.5 Å². The van der Waals surface area contributed by atoms with E-state index >= 15 is 8.78 Å². The van der Waals surface area contributed by atoms with Crippen molar-refractivity contribution in [1.29, 1.82) is 0 Å². The topological polar surface area (TPSA) is 27.7 Å². The van der Waals surface area contributed by atoms with Crippen LogP contribution in [0.5, 0.6) is 5.75 Å². The Hall–Kier alpha value is -1.76. The first-order valence-corrected chi connectivity index (χ1v) is 16.1.